The monoisotopic (exact) mass is 550 g/mol. The van der Waals surface area contributed by atoms with Gasteiger partial charge in [-0.15, -0.1) is 0 Å². The summed E-state index contributed by atoms with van der Waals surface area (Å²) < 4.78 is 44.4. The molecule has 12 heteroatoms. The van der Waals surface area contributed by atoms with Crippen molar-refractivity contribution >= 4 is 34.2 Å². The Balaban J connectivity index is 1.60. The molecule has 4 rings (SSSR count). The minimum Gasteiger partial charge on any atom is -0.379 e. The van der Waals surface area contributed by atoms with Gasteiger partial charge in [-0.05, 0) is 45.0 Å². The third-order valence-electron chi connectivity index (χ3n) is 6.54. The molecule has 3 heterocycles. The minimum absolute atomic E-state index is 0.114. The number of nitrogens with one attached hydrogen (secondary N) is 1. The van der Waals surface area contributed by atoms with Crippen LogP contribution in [0.4, 0.5) is 19.0 Å². The summed E-state index contributed by atoms with van der Waals surface area (Å²) in [6, 6.07) is 6.94. The van der Waals surface area contributed by atoms with Crippen molar-refractivity contribution in [3.63, 3.8) is 0 Å². The number of ether oxygens (including phenoxy) is 1. The SMILES string of the molecule is CCN(c1ccc2c(C(=O)NCC(c3cnc(C(F)(F)F)nc3)N3CCOCC3)c(Cl)ccc2n1)C(C)C. The number of pyridine rings is 1. The number of hydrogen-bond acceptors (Lipinski definition) is 7. The third-order valence-corrected chi connectivity index (χ3v) is 6.86. The quantitative estimate of drug-likeness (QED) is 0.434. The molecular weight excluding hydrogens is 521 g/mol. The number of rotatable bonds is 8. The van der Waals surface area contributed by atoms with Crippen LogP contribution in [0.5, 0.6) is 0 Å². The molecule has 2 aromatic heterocycles. The maximum Gasteiger partial charge on any atom is 0.451 e. The van der Waals surface area contributed by atoms with Gasteiger partial charge >= 0.3 is 6.18 Å². The van der Waals surface area contributed by atoms with Crippen molar-refractivity contribution < 1.29 is 22.7 Å². The Kier molecular flexibility index (Phi) is 8.69. The van der Waals surface area contributed by atoms with Crippen LogP contribution in [0.2, 0.25) is 5.02 Å². The van der Waals surface area contributed by atoms with Crippen molar-refractivity contribution in [2.75, 3.05) is 44.3 Å². The van der Waals surface area contributed by atoms with Crippen LogP contribution in [-0.2, 0) is 10.9 Å². The van der Waals surface area contributed by atoms with Gasteiger partial charge in [0.1, 0.15) is 5.82 Å². The smallest absolute Gasteiger partial charge is 0.379 e. The van der Waals surface area contributed by atoms with E-state index in [1.807, 2.05) is 17.0 Å². The molecule has 1 aromatic carbocycles. The summed E-state index contributed by atoms with van der Waals surface area (Å²) >= 11 is 6.47. The molecule has 1 N–H and O–H groups in total. The van der Waals surface area contributed by atoms with E-state index in [-0.39, 0.29) is 17.6 Å². The highest BCUT2D eigenvalue weighted by atomic mass is 35.5. The Morgan fingerprint density at radius 1 is 1.16 bits per heavy atom. The van der Waals surface area contributed by atoms with Crippen molar-refractivity contribution in [3.05, 3.63) is 58.6 Å². The third kappa shape index (κ3) is 6.16. The van der Waals surface area contributed by atoms with E-state index >= 15 is 0 Å². The van der Waals surface area contributed by atoms with Crippen LogP contribution in [0.1, 0.15) is 48.6 Å². The van der Waals surface area contributed by atoms with E-state index in [4.69, 9.17) is 21.3 Å². The lowest BCUT2D eigenvalue weighted by atomic mass is 10.1. The second-order valence-electron chi connectivity index (χ2n) is 9.25. The highest BCUT2D eigenvalue weighted by Gasteiger charge is 2.35. The van der Waals surface area contributed by atoms with Crippen molar-refractivity contribution in [3.8, 4) is 0 Å². The molecule has 204 valence electrons. The fraction of sp³-hybridized carbons (Fsp3) is 0.462. The molecule has 0 bridgehead atoms. The first-order valence-corrected chi connectivity index (χ1v) is 12.8. The van der Waals surface area contributed by atoms with Crippen LogP contribution >= 0.6 is 11.6 Å². The molecule has 3 aromatic rings. The number of alkyl halides is 3. The first-order chi connectivity index (χ1) is 18.1. The van der Waals surface area contributed by atoms with E-state index in [0.29, 0.717) is 48.3 Å². The minimum atomic E-state index is -4.64. The standard InChI is InChI=1S/C26H30ClF3N6O2/c1-4-36(16(2)3)22-8-5-18-20(34-22)7-6-19(27)23(18)24(37)31-15-21(35-9-11-38-12-10-35)17-13-32-25(33-14-17)26(28,29)30/h5-8,13-14,16,21H,4,9-12,15H2,1-3H3,(H,31,37). The number of carbonyl (C=O) groups excluding carboxylic acids is 1. The summed E-state index contributed by atoms with van der Waals surface area (Å²) in [5.41, 5.74) is 1.39. The van der Waals surface area contributed by atoms with Gasteiger partial charge in [0.2, 0.25) is 5.82 Å². The van der Waals surface area contributed by atoms with Crippen LogP contribution in [0.25, 0.3) is 10.9 Å². The lowest BCUT2D eigenvalue weighted by Gasteiger charge is -2.34. The Morgan fingerprint density at radius 2 is 1.84 bits per heavy atom. The van der Waals surface area contributed by atoms with E-state index in [0.717, 1.165) is 24.8 Å². The van der Waals surface area contributed by atoms with Crippen molar-refractivity contribution in [1.29, 1.82) is 0 Å². The fourth-order valence-electron chi connectivity index (χ4n) is 4.63. The molecule has 1 amide bonds. The van der Waals surface area contributed by atoms with Crippen LogP contribution in [0, 0.1) is 0 Å². The first-order valence-electron chi connectivity index (χ1n) is 12.4. The average molecular weight is 551 g/mol. The number of hydrogen-bond donors (Lipinski definition) is 1. The zero-order chi connectivity index (χ0) is 27.4. The normalized spacial score (nSPS) is 15.6. The lowest BCUT2D eigenvalue weighted by molar-refractivity contribution is -0.145. The molecule has 0 saturated carbocycles. The Labute approximate surface area is 224 Å². The predicted octanol–water partition coefficient (Wildman–Crippen LogP) is 4.74. The summed E-state index contributed by atoms with van der Waals surface area (Å²) in [6.45, 7) is 9.17. The summed E-state index contributed by atoms with van der Waals surface area (Å²) in [5.74, 6) is -0.810. The van der Waals surface area contributed by atoms with Gasteiger partial charge in [0.05, 0.1) is 35.4 Å². The largest absolute Gasteiger partial charge is 0.451 e. The second kappa shape index (κ2) is 11.8. The van der Waals surface area contributed by atoms with Gasteiger partial charge in [-0.25, -0.2) is 15.0 Å². The first kappa shape index (κ1) is 28.0. The highest BCUT2D eigenvalue weighted by molar-refractivity contribution is 6.35. The molecule has 0 aliphatic carbocycles. The Bertz CT molecular complexity index is 1270. The summed E-state index contributed by atoms with van der Waals surface area (Å²) in [7, 11) is 0. The Hall–Kier alpha value is -3.02. The van der Waals surface area contributed by atoms with Gasteiger partial charge in [0, 0.05) is 55.6 Å². The maximum absolute atomic E-state index is 13.4. The molecule has 1 saturated heterocycles. The fourth-order valence-corrected chi connectivity index (χ4v) is 4.88. The number of morpholine rings is 1. The molecule has 0 radical (unpaired) electrons. The number of halogens is 4. The summed E-state index contributed by atoms with van der Waals surface area (Å²) in [5, 5.41) is 3.81. The van der Waals surface area contributed by atoms with Crippen molar-refractivity contribution in [1.82, 2.24) is 25.2 Å². The average Bonchev–Trinajstić information content (AvgIpc) is 2.89. The summed E-state index contributed by atoms with van der Waals surface area (Å²) in [4.78, 5) is 29.4. The van der Waals surface area contributed by atoms with E-state index in [2.05, 4.69) is 41.0 Å². The van der Waals surface area contributed by atoms with E-state index in [9.17, 15) is 18.0 Å². The molecule has 38 heavy (non-hydrogen) atoms. The van der Waals surface area contributed by atoms with Crippen LogP contribution in [0.3, 0.4) is 0 Å². The zero-order valence-electron chi connectivity index (χ0n) is 21.4. The predicted molar refractivity (Wildman–Crippen MR) is 139 cm³/mol. The molecule has 1 atom stereocenters. The highest BCUT2D eigenvalue weighted by Crippen LogP contribution is 2.29. The van der Waals surface area contributed by atoms with Gasteiger partial charge in [0.25, 0.3) is 5.91 Å². The van der Waals surface area contributed by atoms with Gasteiger partial charge < -0.3 is 15.0 Å². The molecule has 1 aliphatic rings. The van der Waals surface area contributed by atoms with Crippen LogP contribution in [-0.4, -0.2) is 71.2 Å². The van der Waals surface area contributed by atoms with Crippen LogP contribution < -0.4 is 10.2 Å². The number of aromatic nitrogens is 3. The van der Waals surface area contributed by atoms with Gasteiger partial charge in [-0.1, -0.05) is 11.6 Å². The number of benzene rings is 1. The number of fused-ring (bicyclic) bond motifs is 1. The Morgan fingerprint density at radius 3 is 2.45 bits per heavy atom. The molecule has 8 nitrogen and oxygen atoms in total. The van der Waals surface area contributed by atoms with Crippen molar-refractivity contribution in [2.45, 2.75) is 39.0 Å². The number of anilines is 1. The van der Waals surface area contributed by atoms with Gasteiger partial charge in [-0.3, -0.25) is 9.69 Å². The lowest BCUT2D eigenvalue weighted by Crippen LogP contribution is -2.44. The zero-order valence-corrected chi connectivity index (χ0v) is 22.2. The molecule has 1 unspecified atom stereocenters. The number of nitrogens with zero attached hydrogens (tertiary/aromatic N) is 5. The van der Waals surface area contributed by atoms with E-state index < -0.39 is 23.9 Å². The topological polar surface area (TPSA) is 83.5 Å². The number of carbonyl (C=O) groups is 1. The molecule has 0 spiro atoms. The molecule has 1 aliphatic heterocycles. The number of amides is 1. The maximum atomic E-state index is 13.4. The van der Waals surface area contributed by atoms with Crippen LogP contribution in [0.15, 0.2) is 36.7 Å². The van der Waals surface area contributed by atoms with E-state index in [1.54, 1.807) is 12.1 Å². The van der Waals surface area contributed by atoms with Crippen molar-refractivity contribution in [2.24, 2.45) is 0 Å². The van der Waals surface area contributed by atoms with Gasteiger partial charge in [-0.2, -0.15) is 13.2 Å². The molecule has 1 fully saturated rings. The summed E-state index contributed by atoms with van der Waals surface area (Å²) in [6.07, 6.45) is -2.32. The second-order valence-corrected chi connectivity index (χ2v) is 9.66. The molecular formula is C26H30ClF3N6O2. The van der Waals surface area contributed by atoms with E-state index in [1.165, 1.54) is 0 Å². The van der Waals surface area contributed by atoms with Gasteiger partial charge in [0.15, 0.2) is 0 Å².